The normalized spacial score (nSPS) is 29.2. The summed E-state index contributed by atoms with van der Waals surface area (Å²) in [5, 5.41) is 8.67. The second-order valence-corrected chi connectivity index (χ2v) is 7.77. The summed E-state index contributed by atoms with van der Waals surface area (Å²) < 4.78 is 27.4. The maximum atomic E-state index is 12.8. The Morgan fingerprint density at radius 2 is 1.76 bits per heavy atom. The van der Waals surface area contributed by atoms with E-state index in [1.54, 1.807) is 28.6 Å². The number of benzene rings is 1. The zero-order chi connectivity index (χ0) is 15.0. The molecule has 5 nitrogen and oxygen atoms in total. The summed E-state index contributed by atoms with van der Waals surface area (Å²) in [6, 6.07) is 8.91. The van der Waals surface area contributed by atoms with E-state index < -0.39 is 10.0 Å². The smallest absolute Gasteiger partial charge is 0.243 e. The summed E-state index contributed by atoms with van der Waals surface area (Å²) >= 11 is 0. The van der Waals surface area contributed by atoms with E-state index in [2.05, 4.69) is 6.07 Å². The van der Waals surface area contributed by atoms with Gasteiger partial charge in [0, 0.05) is 18.1 Å². The van der Waals surface area contributed by atoms with E-state index in [-0.39, 0.29) is 18.1 Å². The molecule has 0 radical (unpaired) electrons. The fourth-order valence-electron chi connectivity index (χ4n) is 3.56. The molecule has 0 aromatic heterocycles. The van der Waals surface area contributed by atoms with Crippen LogP contribution in [0.1, 0.15) is 31.2 Å². The van der Waals surface area contributed by atoms with Gasteiger partial charge in [-0.25, -0.2) is 8.42 Å². The Balaban J connectivity index is 1.89. The number of nitrogens with zero attached hydrogens (tertiary/aromatic N) is 2. The molecule has 1 aromatic rings. The molecular formula is C15H19N3O2S. The fourth-order valence-corrected chi connectivity index (χ4v) is 5.45. The molecule has 0 amide bonds. The van der Waals surface area contributed by atoms with Crippen molar-refractivity contribution in [1.82, 2.24) is 4.31 Å². The van der Waals surface area contributed by atoms with Gasteiger partial charge in [0.2, 0.25) is 10.0 Å². The molecule has 2 bridgehead atoms. The first-order valence-corrected chi connectivity index (χ1v) is 8.71. The van der Waals surface area contributed by atoms with Crippen LogP contribution in [0.2, 0.25) is 0 Å². The fraction of sp³-hybridized carbons (Fsp3) is 0.533. The lowest BCUT2D eigenvalue weighted by Crippen LogP contribution is -2.49. The van der Waals surface area contributed by atoms with Crippen molar-refractivity contribution in [3.63, 3.8) is 0 Å². The highest BCUT2D eigenvalue weighted by Gasteiger charge is 2.46. The van der Waals surface area contributed by atoms with E-state index in [0.29, 0.717) is 11.3 Å². The molecule has 2 fully saturated rings. The standard InChI is InChI=1S/C15H19N3O2S/c16-8-7-11-1-5-15(6-2-11)21(19,20)18-13-3-4-14(18)10-12(17)9-13/h1-2,5-6,12-14H,3-4,7,9-10,17H2. The Kier molecular flexibility index (Phi) is 3.74. The van der Waals surface area contributed by atoms with Gasteiger partial charge in [0.15, 0.2) is 0 Å². The van der Waals surface area contributed by atoms with Crippen molar-refractivity contribution in [3.8, 4) is 6.07 Å². The number of rotatable bonds is 3. The number of nitriles is 1. The summed E-state index contributed by atoms with van der Waals surface area (Å²) in [5.74, 6) is 0. The zero-order valence-corrected chi connectivity index (χ0v) is 12.6. The lowest BCUT2D eigenvalue weighted by atomic mass is 10.0. The van der Waals surface area contributed by atoms with Crippen LogP contribution in [-0.4, -0.2) is 30.8 Å². The first-order valence-electron chi connectivity index (χ1n) is 7.27. The third-order valence-electron chi connectivity index (χ3n) is 4.48. The number of hydrogen-bond acceptors (Lipinski definition) is 4. The van der Waals surface area contributed by atoms with E-state index in [0.717, 1.165) is 31.2 Å². The van der Waals surface area contributed by atoms with Crippen molar-refractivity contribution in [2.24, 2.45) is 5.73 Å². The highest BCUT2D eigenvalue weighted by molar-refractivity contribution is 7.89. The highest BCUT2D eigenvalue weighted by Crippen LogP contribution is 2.39. The number of sulfonamides is 1. The summed E-state index contributed by atoms with van der Waals surface area (Å²) in [6.45, 7) is 0. The molecule has 0 spiro atoms. The molecule has 2 aliphatic heterocycles. The van der Waals surface area contributed by atoms with Crippen LogP contribution in [0.25, 0.3) is 0 Å². The Morgan fingerprint density at radius 3 is 2.29 bits per heavy atom. The summed E-state index contributed by atoms with van der Waals surface area (Å²) in [5.41, 5.74) is 6.83. The Morgan fingerprint density at radius 1 is 1.19 bits per heavy atom. The minimum absolute atomic E-state index is 0.0440. The monoisotopic (exact) mass is 305 g/mol. The zero-order valence-electron chi connectivity index (χ0n) is 11.8. The lowest BCUT2D eigenvalue weighted by Gasteiger charge is -2.36. The van der Waals surface area contributed by atoms with Gasteiger partial charge >= 0.3 is 0 Å². The van der Waals surface area contributed by atoms with E-state index in [1.165, 1.54) is 0 Å². The van der Waals surface area contributed by atoms with Gasteiger partial charge in [-0.2, -0.15) is 9.57 Å². The molecule has 2 saturated heterocycles. The Bertz CT molecular complexity index is 649. The van der Waals surface area contributed by atoms with Crippen molar-refractivity contribution in [1.29, 1.82) is 5.26 Å². The van der Waals surface area contributed by atoms with Gasteiger partial charge in [-0.1, -0.05) is 12.1 Å². The molecular weight excluding hydrogens is 286 g/mol. The van der Waals surface area contributed by atoms with Crippen LogP contribution < -0.4 is 5.73 Å². The summed E-state index contributed by atoms with van der Waals surface area (Å²) in [6.07, 6.45) is 3.61. The third kappa shape index (κ3) is 2.57. The van der Waals surface area contributed by atoms with Crippen LogP contribution in [0.15, 0.2) is 29.2 Å². The molecule has 3 rings (SSSR count). The van der Waals surface area contributed by atoms with Crippen molar-refractivity contribution < 1.29 is 8.42 Å². The van der Waals surface area contributed by atoms with Gasteiger partial charge in [0.05, 0.1) is 17.4 Å². The third-order valence-corrected chi connectivity index (χ3v) is 6.50. The van der Waals surface area contributed by atoms with E-state index >= 15 is 0 Å². The number of piperidine rings is 1. The van der Waals surface area contributed by atoms with Crippen LogP contribution in [0.4, 0.5) is 0 Å². The van der Waals surface area contributed by atoms with Crippen LogP contribution in [-0.2, 0) is 16.4 Å². The summed E-state index contributed by atoms with van der Waals surface area (Å²) in [7, 11) is -3.46. The average molecular weight is 305 g/mol. The second-order valence-electron chi connectivity index (χ2n) is 5.93. The van der Waals surface area contributed by atoms with Gasteiger partial charge in [0.25, 0.3) is 0 Å². The van der Waals surface area contributed by atoms with Crippen LogP contribution in [0.3, 0.4) is 0 Å². The maximum absolute atomic E-state index is 12.8. The second kappa shape index (κ2) is 5.41. The SMILES string of the molecule is N#CCc1ccc(S(=O)(=O)N2C3CCC2CC(N)C3)cc1. The average Bonchev–Trinajstić information content (AvgIpc) is 2.73. The van der Waals surface area contributed by atoms with Gasteiger partial charge in [-0.15, -0.1) is 0 Å². The Labute approximate surface area is 125 Å². The molecule has 0 saturated carbocycles. The summed E-state index contributed by atoms with van der Waals surface area (Å²) in [4.78, 5) is 0.316. The van der Waals surface area contributed by atoms with Crippen molar-refractivity contribution in [2.75, 3.05) is 0 Å². The Hall–Kier alpha value is -1.42. The molecule has 112 valence electrons. The predicted octanol–water partition coefficient (Wildman–Crippen LogP) is 1.40. The molecule has 2 N–H and O–H groups in total. The van der Waals surface area contributed by atoms with Crippen molar-refractivity contribution in [3.05, 3.63) is 29.8 Å². The van der Waals surface area contributed by atoms with Crippen LogP contribution >= 0.6 is 0 Å². The van der Waals surface area contributed by atoms with E-state index in [4.69, 9.17) is 11.0 Å². The first-order chi connectivity index (χ1) is 10.0. The lowest BCUT2D eigenvalue weighted by molar-refractivity contribution is 0.227. The minimum Gasteiger partial charge on any atom is -0.328 e. The quantitative estimate of drug-likeness (QED) is 0.914. The van der Waals surface area contributed by atoms with E-state index in [9.17, 15) is 8.42 Å². The highest BCUT2D eigenvalue weighted by atomic mass is 32.2. The number of fused-ring (bicyclic) bond motifs is 2. The van der Waals surface area contributed by atoms with Crippen LogP contribution in [0.5, 0.6) is 0 Å². The van der Waals surface area contributed by atoms with Gasteiger partial charge in [-0.3, -0.25) is 0 Å². The molecule has 6 heteroatoms. The van der Waals surface area contributed by atoms with Gasteiger partial charge in [0.1, 0.15) is 0 Å². The molecule has 1 aromatic carbocycles. The molecule has 2 heterocycles. The molecule has 21 heavy (non-hydrogen) atoms. The molecule has 2 unspecified atom stereocenters. The molecule has 0 aliphatic carbocycles. The van der Waals surface area contributed by atoms with Crippen LogP contribution in [0, 0.1) is 11.3 Å². The minimum atomic E-state index is -3.46. The largest absolute Gasteiger partial charge is 0.328 e. The predicted molar refractivity (Wildman–Crippen MR) is 78.8 cm³/mol. The molecule has 2 aliphatic rings. The first kappa shape index (κ1) is 14.5. The maximum Gasteiger partial charge on any atom is 0.243 e. The topological polar surface area (TPSA) is 87.2 Å². The van der Waals surface area contributed by atoms with Crippen molar-refractivity contribution >= 4 is 10.0 Å². The van der Waals surface area contributed by atoms with Gasteiger partial charge < -0.3 is 5.73 Å². The number of hydrogen-bond donors (Lipinski definition) is 1. The number of nitrogens with two attached hydrogens (primary N) is 1. The van der Waals surface area contributed by atoms with E-state index in [1.807, 2.05) is 0 Å². The van der Waals surface area contributed by atoms with Gasteiger partial charge in [-0.05, 0) is 43.4 Å². The van der Waals surface area contributed by atoms with Crippen molar-refractivity contribution in [2.45, 2.75) is 55.1 Å². The molecule has 2 atom stereocenters.